The molecule has 70 valence electrons. The van der Waals surface area contributed by atoms with Crippen LogP contribution < -0.4 is 0 Å². The summed E-state index contributed by atoms with van der Waals surface area (Å²) in [7, 11) is -0.959. The highest BCUT2D eigenvalue weighted by atomic mass is 32.7. The van der Waals surface area contributed by atoms with Crippen LogP contribution in [0.2, 0.25) is 0 Å². The lowest BCUT2D eigenvalue weighted by molar-refractivity contribution is 0.0591. The van der Waals surface area contributed by atoms with Crippen molar-refractivity contribution in [2.45, 2.75) is 0 Å². The molecule has 1 aliphatic rings. The zero-order chi connectivity index (χ0) is 8.97. The minimum Gasteiger partial charge on any atom is -0.378 e. The minimum absolute atomic E-state index is 0.0563. The van der Waals surface area contributed by atoms with E-state index >= 15 is 0 Å². The van der Waals surface area contributed by atoms with Crippen molar-refractivity contribution in [3.8, 4) is 0 Å². The van der Waals surface area contributed by atoms with E-state index < -0.39 is 7.12 Å². The standard InChI is InChI=1S/C6H12NO3PS/c1-11(12-9)6(8)7-2-4-10-5-3-7/h9H,2-5H2,1H3. The summed E-state index contributed by atoms with van der Waals surface area (Å²) in [5.74, 6) is 0. The molecule has 4 nitrogen and oxygen atoms in total. The number of amides is 1. The van der Waals surface area contributed by atoms with Crippen molar-refractivity contribution in [1.29, 1.82) is 0 Å². The Balaban J connectivity index is 2.39. The highest BCUT2D eigenvalue weighted by Crippen LogP contribution is 2.46. The number of carbonyl (C=O) groups is 1. The van der Waals surface area contributed by atoms with Crippen molar-refractivity contribution in [2.75, 3.05) is 33.0 Å². The molecule has 6 heteroatoms. The van der Waals surface area contributed by atoms with Gasteiger partial charge >= 0.3 is 0 Å². The summed E-state index contributed by atoms with van der Waals surface area (Å²) in [5, 5.41) is 0. The van der Waals surface area contributed by atoms with Crippen molar-refractivity contribution in [2.24, 2.45) is 0 Å². The molecular weight excluding hydrogens is 197 g/mol. The zero-order valence-electron chi connectivity index (χ0n) is 6.89. The molecule has 1 heterocycles. The van der Waals surface area contributed by atoms with Gasteiger partial charge in [-0.3, -0.25) is 4.79 Å². The van der Waals surface area contributed by atoms with Crippen LogP contribution in [0.3, 0.4) is 0 Å². The molecule has 1 amide bonds. The molecular formula is C6H12NO3PS. The van der Waals surface area contributed by atoms with E-state index in [1.54, 1.807) is 11.6 Å². The monoisotopic (exact) mass is 209 g/mol. The zero-order valence-corrected chi connectivity index (χ0v) is 8.61. The van der Waals surface area contributed by atoms with Gasteiger partial charge in [-0.05, 0) is 6.66 Å². The van der Waals surface area contributed by atoms with Crippen molar-refractivity contribution in [3.63, 3.8) is 0 Å². The minimum atomic E-state index is -0.959. The molecule has 1 N–H and O–H groups in total. The second-order valence-corrected chi connectivity index (χ2v) is 6.13. The van der Waals surface area contributed by atoms with Gasteiger partial charge in [-0.25, -0.2) is 0 Å². The van der Waals surface area contributed by atoms with Gasteiger partial charge in [0, 0.05) is 24.8 Å². The smallest absolute Gasteiger partial charge is 0.256 e. The van der Waals surface area contributed by atoms with Gasteiger partial charge in [0.05, 0.1) is 20.3 Å². The van der Waals surface area contributed by atoms with E-state index in [9.17, 15) is 4.79 Å². The molecule has 0 aliphatic carbocycles. The first-order chi connectivity index (χ1) is 5.75. The Bertz CT molecular complexity index is 163. The summed E-state index contributed by atoms with van der Waals surface area (Å²) in [6.07, 6.45) is 0. The molecule has 0 aromatic heterocycles. The summed E-state index contributed by atoms with van der Waals surface area (Å²) < 4.78 is 13.8. The molecule has 1 atom stereocenters. The van der Waals surface area contributed by atoms with Gasteiger partial charge in [0.25, 0.3) is 5.65 Å². The largest absolute Gasteiger partial charge is 0.378 e. The predicted molar refractivity (Wildman–Crippen MR) is 50.9 cm³/mol. The second-order valence-electron chi connectivity index (χ2n) is 2.46. The number of hydrogen-bond donors (Lipinski definition) is 1. The third kappa shape index (κ3) is 2.59. The maximum absolute atomic E-state index is 11.4. The number of rotatable bonds is 2. The molecule has 12 heavy (non-hydrogen) atoms. The Kier molecular flexibility index (Phi) is 4.29. The number of morpholine rings is 1. The summed E-state index contributed by atoms with van der Waals surface area (Å²) in [6.45, 7) is 4.31. The van der Waals surface area contributed by atoms with Gasteiger partial charge in [0.2, 0.25) is 0 Å². The average Bonchev–Trinajstić information content (AvgIpc) is 2.17. The van der Waals surface area contributed by atoms with Crippen LogP contribution in [-0.2, 0) is 4.74 Å². The number of hydrogen-bond acceptors (Lipinski definition) is 4. The first-order valence-corrected chi connectivity index (χ1v) is 6.84. The van der Waals surface area contributed by atoms with E-state index in [4.69, 9.17) is 9.29 Å². The van der Waals surface area contributed by atoms with Crippen molar-refractivity contribution in [1.82, 2.24) is 4.90 Å². The van der Waals surface area contributed by atoms with E-state index in [-0.39, 0.29) is 5.65 Å². The Labute approximate surface area is 77.0 Å². The molecule has 1 rings (SSSR count). The van der Waals surface area contributed by atoms with Crippen LogP contribution >= 0.6 is 18.8 Å². The van der Waals surface area contributed by atoms with E-state index in [2.05, 4.69) is 0 Å². The van der Waals surface area contributed by atoms with Crippen molar-refractivity contribution in [3.05, 3.63) is 0 Å². The molecule has 1 unspecified atom stereocenters. The predicted octanol–water partition coefficient (Wildman–Crippen LogP) is 1.67. The molecule has 0 radical (unpaired) electrons. The third-order valence-corrected chi connectivity index (χ3v) is 3.94. The van der Waals surface area contributed by atoms with Crippen LogP contribution in [0.5, 0.6) is 0 Å². The van der Waals surface area contributed by atoms with Crippen molar-refractivity contribution >= 4 is 24.4 Å². The summed E-state index contributed by atoms with van der Waals surface area (Å²) >= 11 is 0.659. The normalized spacial score (nSPS) is 20.7. The lowest BCUT2D eigenvalue weighted by atomic mass is 10.5. The van der Waals surface area contributed by atoms with E-state index in [1.807, 2.05) is 0 Å². The van der Waals surface area contributed by atoms with E-state index in [0.717, 1.165) is 0 Å². The maximum Gasteiger partial charge on any atom is 0.256 e. The summed E-state index contributed by atoms with van der Waals surface area (Å²) in [4.78, 5) is 13.2. The summed E-state index contributed by atoms with van der Waals surface area (Å²) in [5.41, 5.74) is 0.0563. The highest BCUT2D eigenvalue weighted by Gasteiger charge is 2.22. The first kappa shape index (κ1) is 10.3. The molecule has 0 saturated carbocycles. The number of ether oxygens (including phenoxy) is 1. The Morgan fingerprint density at radius 2 is 2.17 bits per heavy atom. The van der Waals surface area contributed by atoms with Crippen LogP contribution in [0, 0.1) is 0 Å². The van der Waals surface area contributed by atoms with Crippen LogP contribution in [0.15, 0.2) is 0 Å². The van der Waals surface area contributed by atoms with Gasteiger partial charge in [-0.1, -0.05) is 0 Å². The quantitative estimate of drug-likeness (QED) is 0.555. The molecule has 0 spiro atoms. The molecule has 0 aromatic carbocycles. The van der Waals surface area contributed by atoms with Gasteiger partial charge in [-0.15, -0.1) is 0 Å². The Morgan fingerprint density at radius 3 is 2.67 bits per heavy atom. The van der Waals surface area contributed by atoms with Crippen LogP contribution in [0.25, 0.3) is 0 Å². The fraction of sp³-hybridized carbons (Fsp3) is 0.833. The summed E-state index contributed by atoms with van der Waals surface area (Å²) in [6, 6.07) is 0. The third-order valence-electron chi connectivity index (χ3n) is 1.67. The molecule has 1 aliphatic heterocycles. The fourth-order valence-corrected chi connectivity index (χ4v) is 2.21. The first-order valence-electron chi connectivity index (χ1n) is 3.67. The Hall–Kier alpha value is 0.170. The molecule has 0 bridgehead atoms. The topological polar surface area (TPSA) is 49.8 Å². The number of nitrogens with zero attached hydrogens (tertiary/aromatic N) is 1. The highest BCUT2D eigenvalue weighted by molar-refractivity contribution is 8.57. The van der Waals surface area contributed by atoms with E-state index in [0.29, 0.717) is 38.0 Å². The van der Waals surface area contributed by atoms with Crippen molar-refractivity contribution < 1.29 is 14.1 Å². The number of carbonyl (C=O) groups excluding carboxylic acids is 1. The maximum atomic E-state index is 11.4. The lowest BCUT2D eigenvalue weighted by Gasteiger charge is -2.28. The SMILES string of the molecule is CP(SO)C(=O)N1CCOCC1. The van der Waals surface area contributed by atoms with Gasteiger partial charge in [0.15, 0.2) is 0 Å². The van der Waals surface area contributed by atoms with Crippen LogP contribution in [0.1, 0.15) is 0 Å². The molecule has 1 fully saturated rings. The molecule has 0 aromatic rings. The average molecular weight is 209 g/mol. The second kappa shape index (κ2) is 5.02. The van der Waals surface area contributed by atoms with Crippen LogP contribution in [0.4, 0.5) is 4.79 Å². The fourth-order valence-electron chi connectivity index (χ4n) is 0.989. The van der Waals surface area contributed by atoms with Gasteiger partial charge < -0.3 is 14.2 Å². The molecule has 1 saturated heterocycles. The van der Waals surface area contributed by atoms with Gasteiger partial charge in [0.1, 0.15) is 0 Å². The van der Waals surface area contributed by atoms with Crippen LogP contribution in [-0.4, -0.2) is 48.1 Å². The van der Waals surface area contributed by atoms with Gasteiger partial charge in [-0.2, -0.15) is 0 Å². The Morgan fingerprint density at radius 1 is 1.58 bits per heavy atom. The lowest BCUT2D eigenvalue weighted by Crippen LogP contribution is -2.38. The van der Waals surface area contributed by atoms with E-state index in [1.165, 1.54) is 0 Å².